The third-order valence-corrected chi connectivity index (χ3v) is 4.59. The number of nitrogens with one attached hydrogen (secondary N) is 1. The smallest absolute Gasteiger partial charge is 0.0642 e. The van der Waals surface area contributed by atoms with Gasteiger partial charge in [-0.15, -0.1) is 0 Å². The molecule has 1 aliphatic heterocycles. The van der Waals surface area contributed by atoms with Gasteiger partial charge < -0.3 is 10.2 Å². The SMILES string of the molecule is CNC(C)c1ccc(N2CCN(C(C)C)CC2)c(Cl)c1. The van der Waals surface area contributed by atoms with Crippen LogP contribution in [-0.2, 0) is 0 Å². The minimum Gasteiger partial charge on any atom is -0.368 e. The molecule has 0 saturated carbocycles. The lowest BCUT2D eigenvalue weighted by Gasteiger charge is -2.38. The van der Waals surface area contributed by atoms with Gasteiger partial charge in [-0.2, -0.15) is 0 Å². The molecule has 1 N–H and O–H groups in total. The third kappa shape index (κ3) is 3.46. The summed E-state index contributed by atoms with van der Waals surface area (Å²) in [6, 6.07) is 7.39. The Balaban J connectivity index is 2.07. The van der Waals surface area contributed by atoms with Crippen LogP contribution in [0.1, 0.15) is 32.4 Å². The maximum atomic E-state index is 6.48. The van der Waals surface area contributed by atoms with Gasteiger partial charge in [0.15, 0.2) is 0 Å². The van der Waals surface area contributed by atoms with Gasteiger partial charge in [0.1, 0.15) is 0 Å². The Morgan fingerprint density at radius 3 is 2.25 bits per heavy atom. The van der Waals surface area contributed by atoms with Gasteiger partial charge in [-0.25, -0.2) is 0 Å². The van der Waals surface area contributed by atoms with E-state index in [0.717, 1.165) is 31.2 Å². The summed E-state index contributed by atoms with van der Waals surface area (Å²) in [4.78, 5) is 4.91. The van der Waals surface area contributed by atoms with Crippen molar-refractivity contribution in [1.29, 1.82) is 0 Å². The normalized spacial score (nSPS) is 18.6. The summed E-state index contributed by atoms with van der Waals surface area (Å²) in [5, 5.41) is 4.11. The maximum absolute atomic E-state index is 6.48. The van der Waals surface area contributed by atoms with Crippen molar-refractivity contribution in [3.05, 3.63) is 28.8 Å². The molecule has 1 aromatic rings. The number of benzene rings is 1. The summed E-state index contributed by atoms with van der Waals surface area (Å²) in [5.41, 5.74) is 2.41. The second-order valence-corrected chi connectivity index (χ2v) is 6.25. The van der Waals surface area contributed by atoms with Crippen LogP contribution in [0.4, 0.5) is 5.69 Å². The van der Waals surface area contributed by atoms with Crippen molar-refractivity contribution in [2.45, 2.75) is 32.9 Å². The Morgan fingerprint density at radius 2 is 1.75 bits per heavy atom. The van der Waals surface area contributed by atoms with Gasteiger partial charge in [-0.05, 0) is 45.5 Å². The topological polar surface area (TPSA) is 18.5 Å². The van der Waals surface area contributed by atoms with Crippen molar-refractivity contribution >= 4 is 17.3 Å². The van der Waals surface area contributed by atoms with Crippen molar-refractivity contribution in [2.75, 3.05) is 38.1 Å². The molecule has 1 aliphatic rings. The zero-order valence-electron chi connectivity index (χ0n) is 13.0. The molecular weight excluding hydrogens is 270 g/mol. The van der Waals surface area contributed by atoms with E-state index >= 15 is 0 Å². The first-order valence-electron chi connectivity index (χ1n) is 7.48. The molecule has 0 aromatic heterocycles. The number of nitrogens with zero attached hydrogens (tertiary/aromatic N) is 2. The average Bonchev–Trinajstić information content (AvgIpc) is 2.46. The summed E-state index contributed by atoms with van der Waals surface area (Å²) >= 11 is 6.48. The van der Waals surface area contributed by atoms with Crippen molar-refractivity contribution < 1.29 is 0 Å². The van der Waals surface area contributed by atoms with Crippen LogP contribution in [-0.4, -0.2) is 44.2 Å². The molecule has 1 aromatic carbocycles. The summed E-state index contributed by atoms with van der Waals surface area (Å²) in [6.07, 6.45) is 0. The number of halogens is 1. The predicted molar refractivity (Wildman–Crippen MR) is 87.8 cm³/mol. The molecule has 1 unspecified atom stereocenters. The van der Waals surface area contributed by atoms with Crippen LogP contribution in [0, 0.1) is 0 Å². The van der Waals surface area contributed by atoms with Gasteiger partial charge in [-0.3, -0.25) is 4.90 Å². The molecule has 20 heavy (non-hydrogen) atoms. The van der Waals surface area contributed by atoms with E-state index in [2.05, 4.69) is 54.1 Å². The molecule has 0 spiro atoms. The zero-order valence-corrected chi connectivity index (χ0v) is 13.7. The highest BCUT2D eigenvalue weighted by Gasteiger charge is 2.20. The van der Waals surface area contributed by atoms with Crippen LogP contribution in [0.25, 0.3) is 0 Å². The third-order valence-electron chi connectivity index (χ3n) is 4.29. The van der Waals surface area contributed by atoms with Crippen LogP contribution >= 0.6 is 11.6 Å². The van der Waals surface area contributed by atoms with Crippen LogP contribution in [0.15, 0.2) is 18.2 Å². The maximum Gasteiger partial charge on any atom is 0.0642 e. The highest BCUT2D eigenvalue weighted by Crippen LogP contribution is 2.29. The minimum atomic E-state index is 0.333. The largest absolute Gasteiger partial charge is 0.368 e. The second kappa shape index (κ2) is 6.79. The minimum absolute atomic E-state index is 0.333. The van der Waals surface area contributed by atoms with Crippen LogP contribution < -0.4 is 10.2 Å². The lowest BCUT2D eigenvalue weighted by atomic mass is 10.1. The fourth-order valence-electron chi connectivity index (χ4n) is 2.69. The monoisotopic (exact) mass is 295 g/mol. The molecule has 0 amide bonds. The zero-order chi connectivity index (χ0) is 14.7. The summed E-state index contributed by atoms with van der Waals surface area (Å²) in [6.45, 7) is 11.0. The molecule has 1 heterocycles. The molecule has 1 saturated heterocycles. The molecule has 1 atom stereocenters. The van der Waals surface area contributed by atoms with Crippen LogP contribution in [0.5, 0.6) is 0 Å². The molecular formula is C16H26ClN3. The van der Waals surface area contributed by atoms with Crippen molar-refractivity contribution in [1.82, 2.24) is 10.2 Å². The van der Waals surface area contributed by atoms with E-state index in [-0.39, 0.29) is 0 Å². The second-order valence-electron chi connectivity index (χ2n) is 5.84. The molecule has 4 heteroatoms. The average molecular weight is 296 g/mol. The van der Waals surface area contributed by atoms with Crippen LogP contribution in [0.3, 0.4) is 0 Å². The Bertz CT molecular complexity index is 439. The number of anilines is 1. The standard InChI is InChI=1S/C16H26ClN3/c1-12(2)19-7-9-20(10-8-19)16-6-5-14(11-15(16)17)13(3)18-4/h5-6,11-13,18H,7-10H2,1-4H3. The number of hydrogen-bond acceptors (Lipinski definition) is 3. The highest BCUT2D eigenvalue weighted by atomic mass is 35.5. The predicted octanol–water partition coefficient (Wildman–Crippen LogP) is 3.15. The van der Waals surface area contributed by atoms with Gasteiger partial charge in [0.25, 0.3) is 0 Å². The summed E-state index contributed by atoms with van der Waals surface area (Å²) < 4.78 is 0. The van der Waals surface area contributed by atoms with Gasteiger partial charge in [-0.1, -0.05) is 17.7 Å². The molecule has 1 fully saturated rings. The molecule has 2 rings (SSSR count). The van der Waals surface area contributed by atoms with Crippen molar-refractivity contribution in [3.8, 4) is 0 Å². The first kappa shape index (κ1) is 15.6. The lowest BCUT2D eigenvalue weighted by Crippen LogP contribution is -2.49. The fourth-order valence-corrected chi connectivity index (χ4v) is 3.00. The molecule has 0 aliphatic carbocycles. The molecule has 112 valence electrons. The Kier molecular flexibility index (Phi) is 5.30. The van der Waals surface area contributed by atoms with E-state index in [1.54, 1.807) is 0 Å². The van der Waals surface area contributed by atoms with Gasteiger partial charge in [0, 0.05) is 38.3 Å². The molecule has 3 nitrogen and oxygen atoms in total. The number of rotatable bonds is 4. The summed E-state index contributed by atoms with van der Waals surface area (Å²) in [7, 11) is 1.97. The van der Waals surface area contributed by atoms with E-state index < -0.39 is 0 Å². The Hall–Kier alpha value is -0.770. The highest BCUT2D eigenvalue weighted by molar-refractivity contribution is 6.33. The van der Waals surface area contributed by atoms with Gasteiger partial charge in [0.2, 0.25) is 0 Å². The summed E-state index contributed by atoms with van der Waals surface area (Å²) in [5.74, 6) is 0. The van der Waals surface area contributed by atoms with Crippen molar-refractivity contribution in [2.24, 2.45) is 0 Å². The first-order chi connectivity index (χ1) is 9.52. The van der Waals surface area contributed by atoms with E-state index in [1.807, 2.05) is 7.05 Å². The van der Waals surface area contributed by atoms with Gasteiger partial charge >= 0.3 is 0 Å². The van der Waals surface area contributed by atoms with Gasteiger partial charge in [0.05, 0.1) is 10.7 Å². The number of hydrogen-bond donors (Lipinski definition) is 1. The Labute approximate surface area is 127 Å². The van der Waals surface area contributed by atoms with E-state index in [1.165, 1.54) is 11.3 Å². The van der Waals surface area contributed by atoms with E-state index in [9.17, 15) is 0 Å². The van der Waals surface area contributed by atoms with Crippen molar-refractivity contribution in [3.63, 3.8) is 0 Å². The van der Waals surface area contributed by atoms with E-state index in [4.69, 9.17) is 11.6 Å². The fraction of sp³-hybridized carbons (Fsp3) is 0.625. The Morgan fingerprint density at radius 1 is 1.10 bits per heavy atom. The molecule has 0 radical (unpaired) electrons. The first-order valence-corrected chi connectivity index (χ1v) is 7.86. The molecule has 0 bridgehead atoms. The number of piperazine rings is 1. The van der Waals surface area contributed by atoms with Crippen LogP contribution in [0.2, 0.25) is 5.02 Å². The quantitative estimate of drug-likeness (QED) is 0.920. The lowest BCUT2D eigenvalue weighted by molar-refractivity contribution is 0.209. The van der Waals surface area contributed by atoms with E-state index in [0.29, 0.717) is 12.1 Å².